The van der Waals surface area contributed by atoms with Gasteiger partial charge in [-0.15, -0.1) is 0 Å². The van der Waals surface area contributed by atoms with Gasteiger partial charge in [0, 0.05) is 49.8 Å². The number of carboxylic acids is 1. The Morgan fingerprint density at radius 1 is 1.07 bits per heavy atom. The van der Waals surface area contributed by atoms with Crippen LogP contribution in [0.25, 0.3) is 16.9 Å². The monoisotopic (exact) mass is 1000 g/mol. The van der Waals surface area contributed by atoms with Crippen LogP contribution in [0.4, 0.5) is 14.6 Å². The van der Waals surface area contributed by atoms with Crippen LogP contribution in [0.1, 0.15) is 51.5 Å². The number of carbonyl (C=O) groups excluding carboxylic acids is 1. The van der Waals surface area contributed by atoms with E-state index in [1.807, 2.05) is 0 Å². The van der Waals surface area contributed by atoms with Gasteiger partial charge in [-0.2, -0.15) is 9.61 Å². The Labute approximate surface area is 298 Å². The zero-order valence-electron chi connectivity index (χ0n) is 24.8. The average molecular weight is 1010 g/mol. The summed E-state index contributed by atoms with van der Waals surface area (Å²) >= 11 is 13.1. The molecule has 44 heavy (non-hydrogen) atoms. The number of rotatable bonds is 9. The molecule has 1 aliphatic carbocycles. The molecule has 0 bridgehead atoms. The number of carbonyl (C=O) groups is 2. The van der Waals surface area contributed by atoms with Gasteiger partial charge in [-0.1, -0.05) is 39.3 Å². The molecule has 1 saturated carbocycles. The summed E-state index contributed by atoms with van der Waals surface area (Å²) in [5.41, 5.74) is 1.16. The van der Waals surface area contributed by atoms with Crippen molar-refractivity contribution in [3.05, 3.63) is 46.6 Å². The first-order valence-electron chi connectivity index (χ1n) is 14.2. The molecule has 1 amide bonds. The Hall–Kier alpha value is -0.496. The van der Waals surface area contributed by atoms with Crippen molar-refractivity contribution in [1.29, 1.82) is 0 Å². The van der Waals surface area contributed by atoms with Crippen molar-refractivity contribution in [3.63, 3.8) is 0 Å². The molecule has 2 fully saturated rings. The number of piperidine rings is 1. The van der Waals surface area contributed by atoms with Crippen LogP contribution in [0.3, 0.4) is 0 Å². The number of fused-ring (bicyclic) bond motifs is 2. The van der Waals surface area contributed by atoms with Gasteiger partial charge >= 0.3 is 70.8 Å². The van der Waals surface area contributed by atoms with E-state index in [4.69, 9.17) is 16.7 Å². The maximum absolute atomic E-state index is 14.4. The van der Waals surface area contributed by atoms with Crippen LogP contribution in [-0.4, -0.2) is 62.2 Å². The molecule has 240 valence electrons. The standard InChI is InChI=1S/C29H34ClF2N5O3.3HI.V/c1-14(2)11-36(16(5)15(3)4)26-10-23(17-6-21(31)28(30)22(32)7-17)33-25-9-24(34-37(25)26)29(40)35-12-19-18(8-27(38)39)20(19)13-35;;;;/h6-7,9-10,14-16,18-20H,8,11-13H2,1-5H3,(H,38,39);3*1H;/q;;;;+3/p-3/t16-,18?,19-,20+;;;;/m1..../s1. The Kier molecular flexibility index (Phi) is 12.5. The van der Waals surface area contributed by atoms with Crippen LogP contribution in [-0.2, 0) is 9.72 Å². The van der Waals surface area contributed by atoms with E-state index in [0.29, 0.717) is 42.7 Å². The van der Waals surface area contributed by atoms with Gasteiger partial charge < -0.3 is 14.9 Å². The normalized spacial score (nSPS) is 19.8. The topological polar surface area (TPSA) is 91.0 Å². The number of likely N-dealkylation sites (tertiary alicyclic amines) is 1. The van der Waals surface area contributed by atoms with E-state index in [0.717, 1.165) is 12.1 Å². The van der Waals surface area contributed by atoms with Crippen molar-refractivity contribution in [2.45, 2.75) is 47.1 Å². The van der Waals surface area contributed by atoms with Crippen molar-refractivity contribution >= 4 is 94.9 Å². The first-order chi connectivity index (χ1) is 20.6. The number of anilines is 1. The second-order valence-corrected chi connectivity index (χ2v) is 47.8. The zero-order valence-corrected chi connectivity index (χ0v) is 33.4. The van der Waals surface area contributed by atoms with Gasteiger partial charge in [0.05, 0.1) is 5.69 Å². The second-order valence-electron chi connectivity index (χ2n) is 12.1. The molecule has 0 radical (unpaired) electrons. The molecule has 1 N–H and O–H groups in total. The van der Waals surface area contributed by atoms with Gasteiger partial charge in [0.2, 0.25) is 0 Å². The quantitative estimate of drug-likeness (QED) is 0.172. The number of hydrogen-bond acceptors (Lipinski definition) is 5. The molecule has 1 saturated heterocycles. The number of hydrogen-bond donors (Lipinski definition) is 1. The van der Waals surface area contributed by atoms with E-state index in [1.165, 1.54) is 0 Å². The summed E-state index contributed by atoms with van der Waals surface area (Å²) in [5.74, 6) is -1.03. The van der Waals surface area contributed by atoms with E-state index in [9.17, 15) is 18.4 Å². The van der Waals surface area contributed by atoms with Crippen LogP contribution in [0.2, 0.25) is 5.02 Å². The van der Waals surface area contributed by atoms with Crippen LogP contribution < -0.4 is 4.90 Å². The summed E-state index contributed by atoms with van der Waals surface area (Å²) in [4.78, 5) is 32.8. The number of halogens is 6. The number of amides is 1. The first-order valence-corrected chi connectivity index (χ1v) is 28.1. The van der Waals surface area contributed by atoms with Crippen molar-refractivity contribution in [3.8, 4) is 11.3 Å². The van der Waals surface area contributed by atoms with Crippen LogP contribution >= 0.6 is 71.5 Å². The molecule has 2 aromatic heterocycles. The molecule has 8 nitrogen and oxygen atoms in total. The fraction of sp³-hybridized carbons (Fsp3) is 0.517. The summed E-state index contributed by atoms with van der Waals surface area (Å²) in [6.07, 6.45) is 0.132. The third-order valence-electron chi connectivity index (χ3n) is 8.29. The molecule has 15 heteroatoms. The molecular formula is C29H34ClF2I3N5O3V. The van der Waals surface area contributed by atoms with Gasteiger partial charge in [-0.3, -0.25) is 9.59 Å². The van der Waals surface area contributed by atoms with E-state index < -0.39 is 22.6 Å². The van der Waals surface area contributed by atoms with Crippen LogP contribution in [0.15, 0.2) is 24.3 Å². The predicted molar refractivity (Wildman–Crippen MR) is 191 cm³/mol. The number of nitrogens with zero attached hydrogens (tertiary/aromatic N) is 5. The molecule has 1 unspecified atom stereocenters. The third kappa shape index (κ3) is 8.50. The fourth-order valence-corrected chi connectivity index (χ4v) is 5.93. The summed E-state index contributed by atoms with van der Waals surface area (Å²) in [6, 6.07) is 5.74. The third-order valence-corrected chi connectivity index (χ3v) is 8.65. The van der Waals surface area contributed by atoms with Crippen molar-refractivity contribution < 1.29 is 28.4 Å². The number of carboxylic acid groups (broad SMARTS) is 1. The summed E-state index contributed by atoms with van der Waals surface area (Å²) < 4.78 is 30.4. The Balaban J connectivity index is 0.00000104. The second kappa shape index (κ2) is 15.2. The SMILES string of the molecule is CC(C)CN(c1cc(-c2cc(F)c(Cl)c(F)c2)nc2cc(C(=O)N3C[C@@H]4C(CC(=O)O)[C@@H]4C3)nn12)[C@H](C)C(C)C.[I][V]([I])[I]. The number of benzene rings is 1. The summed E-state index contributed by atoms with van der Waals surface area (Å²) in [6.45, 7) is 12.3. The number of aliphatic carboxylic acids is 1. The van der Waals surface area contributed by atoms with Crippen LogP contribution in [0.5, 0.6) is 0 Å². The van der Waals surface area contributed by atoms with Gasteiger partial charge in [0.1, 0.15) is 22.5 Å². The van der Waals surface area contributed by atoms with Gasteiger partial charge in [-0.05, 0) is 48.6 Å². The molecule has 1 aliphatic heterocycles. The van der Waals surface area contributed by atoms with E-state index in [2.05, 4.69) is 110 Å². The maximum atomic E-state index is 14.4. The molecule has 3 heterocycles. The van der Waals surface area contributed by atoms with Crippen molar-refractivity contribution in [2.24, 2.45) is 29.6 Å². The minimum absolute atomic E-state index is 0.0831. The minimum atomic E-state index is -0.882. The van der Waals surface area contributed by atoms with Crippen LogP contribution in [0, 0.1) is 41.2 Å². The van der Waals surface area contributed by atoms with Crippen molar-refractivity contribution in [2.75, 3.05) is 24.5 Å². The fourth-order valence-electron chi connectivity index (χ4n) is 5.82. The van der Waals surface area contributed by atoms with Gasteiger partial charge in [0.25, 0.3) is 5.91 Å². The molecular weight excluding hydrogens is 971 g/mol. The molecule has 1 aromatic carbocycles. The zero-order chi connectivity index (χ0) is 32.6. The van der Waals surface area contributed by atoms with Crippen molar-refractivity contribution in [1.82, 2.24) is 19.5 Å². The molecule has 2 aliphatic rings. The summed E-state index contributed by atoms with van der Waals surface area (Å²) in [5, 5.41) is 13.2. The average Bonchev–Trinajstić information content (AvgIpc) is 3.27. The molecule has 5 rings (SSSR count). The molecule has 0 spiro atoms. The van der Waals surface area contributed by atoms with E-state index in [1.54, 1.807) is 21.5 Å². The Morgan fingerprint density at radius 3 is 2.14 bits per heavy atom. The van der Waals surface area contributed by atoms with E-state index in [-0.39, 0.29) is 58.2 Å². The first kappa shape index (κ1) is 36.3. The van der Waals surface area contributed by atoms with Gasteiger partial charge in [0.15, 0.2) is 11.3 Å². The molecule has 4 atom stereocenters. The Morgan fingerprint density at radius 2 is 1.64 bits per heavy atom. The van der Waals surface area contributed by atoms with E-state index >= 15 is 0 Å². The van der Waals surface area contributed by atoms with Gasteiger partial charge in [-0.25, -0.2) is 13.8 Å². The predicted octanol–water partition coefficient (Wildman–Crippen LogP) is 8.28. The molecule has 3 aromatic rings. The number of aromatic nitrogens is 3. The Bertz CT molecular complexity index is 1510. The summed E-state index contributed by atoms with van der Waals surface area (Å²) in [7, 11) is 0.